The summed E-state index contributed by atoms with van der Waals surface area (Å²) in [6.07, 6.45) is 0.0670. The largest absolute Gasteiger partial charge is 0.493 e. The van der Waals surface area contributed by atoms with Crippen LogP contribution in [0.1, 0.15) is 38.4 Å². The lowest BCUT2D eigenvalue weighted by atomic mass is 9.99. The molecule has 4 heterocycles. The highest BCUT2D eigenvalue weighted by Gasteiger charge is 2.35. The van der Waals surface area contributed by atoms with Crippen LogP contribution < -0.4 is 24.8 Å². The zero-order chi connectivity index (χ0) is 30.8. The normalized spacial score (nSPS) is 18.8. The number of nitrogens with one attached hydrogen (secondary N) is 2. The minimum absolute atomic E-state index is 0.180. The molecule has 0 unspecified atom stereocenters. The minimum Gasteiger partial charge on any atom is -0.493 e. The summed E-state index contributed by atoms with van der Waals surface area (Å²) < 4.78 is 17.5. The van der Waals surface area contributed by atoms with E-state index in [9.17, 15) is 14.4 Å². The second-order valence-electron chi connectivity index (χ2n) is 10.8. The topological polar surface area (TPSA) is 119 Å². The summed E-state index contributed by atoms with van der Waals surface area (Å²) in [7, 11) is 1.48. The molecule has 2 N–H and O–H groups in total. The Morgan fingerprint density at radius 1 is 1.07 bits per heavy atom. The van der Waals surface area contributed by atoms with Crippen molar-refractivity contribution in [2.75, 3.05) is 26.8 Å². The lowest BCUT2D eigenvalue weighted by Crippen LogP contribution is -2.58. The zero-order valence-corrected chi connectivity index (χ0v) is 25.0. The average Bonchev–Trinajstić information content (AvgIpc) is 3.03. The number of piperidine rings is 1. The highest BCUT2D eigenvalue weighted by atomic mass is 35.5. The molecule has 3 aromatic carbocycles. The highest BCUT2D eigenvalue weighted by molar-refractivity contribution is 6.31. The number of aromatic nitrogens is 1. The highest BCUT2D eigenvalue weighted by Crippen LogP contribution is 2.29. The number of fused-ring (bicyclic) bond motifs is 8. The van der Waals surface area contributed by atoms with Crippen molar-refractivity contribution >= 4 is 40.2 Å². The zero-order valence-electron chi connectivity index (χ0n) is 24.3. The summed E-state index contributed by atoms with van der Waals surface area (Å²) >= 11 is 6.28. The third-order valence-electron chi connectivity index (χ3n) is 7.77. The Hall–Kier alpha value is -4.83. The molecule has 4 aromatic rings. The molecule has 3 aliphatic rings. The number of nitrogens with zero attached hydrogens (tertiary/aromatic N) is 2. The fraction of sp³-hybridized carbons (Fsp3) is 0.273. The van der Waals surface area contributed by atoms with Gasteiger partial charge in [0, 0.05) is 47.7 Å². The second-order valence-corrected chi connectivity index (χ2v) is 11.3. The number of likely N-dealkylation sites (tertiary alicyclic amines) is 1. The summed E-state index contributed by atoms with van der Waals surface area (Å²) in [5, 5.41) is 7.09. The van der Waals surface area contributed by atoms with Gasteiger partial charge in [0.1, 0.15) is 11.9 Å². The molecule has 226 valence electrons. The Balaban J connectivity index is 1.32. The number of hydrogen-bond acceptors (Lipinski definition) is 7. The van der Waals surface area contributed by atoms with E-state index in [0.29, 0.717) is 63.8 Å². The van der Waals surface area contributed by atoms with Gasteiger partial charge in [0.05, 0.1) is 24.2 Å². The number of aryl methyl sites for hydroxylation is 1. The Morgan fingerprint density at radius 3 is 2.68 bits per heavy atom. The van der Waals surface area contributed by atoms with Gasteiger partial charge in [-0.05, 0) is 67.1 Å². The molecule has 3 amide bonds. The Kier molecular flexibility index (Phi) is 8.25. The second kappa shape index (κ2) is 12.4. The third-order valence-corrected chi connectivity index (χ3v) is 8.00. The van der Waals surface area contributed by atoms with E-state index in [1.54, 1.807) is 41.3 Å². The number of carbonyl (C=O) groups excluding carboxylic acids is 3. The van der Waals surface area contributed by atoms with Crippen LogP contribution in [0.25, 0.3) is 10.9 Å². The van der Waals surface area contributed by atoms with E-state index >= 15 is 0 Å². The minimum atomic E-state index is -0.539. The van der Waals surface area contributed by atoms with Crippen LogP contribution in [0.2, 0.25) is 5.02 Å². The number of rotatable bonds is 2. The first kappa shape index (κ1) is 29.3. The van der Waals surface area contributed by atoms with E-state index in [2.05, 4.69) is 15.6 Å². The fourth-order valence-corrected chi connectivity index (χ4v) is 5.68. The van der Waals surface area contributed by atoms with Crippen LogP contribution in [-0.4, -0.2) is 66.6 Å². The van der Waals surface area contributed by atoms with Crippen molar-refractivity contribution in [2.45, 2.75) is 32.0 Å². The maximum Gasteiger partial charge on any atom is 0.258 e. The van der Waals surface area contributed by atoms with Gasteiger partial charge in [-0.1, -0.05) is 23.7 Å². The van der Waals surface area contributed by atoms with Gasteiger partial charge in [-0.15, -0.1) is 0 Å². The maximum absolute atomic E-state index is 14.0. The molecule has 11 heteroatoms. The third kappa shape index (κ3) is 6.26. The number of ether oxygens (including phenoxy) is 3. The molecular formula is C33H31ClN4O6. The average molecular weight is 615 g/mol. The standard InChI is InChI=1S/C33H31ClN4O6/c1-19-13-25(24-15-22(34)6-9-26(24)36-19)33(41)38-12-11-28-27(17-38)37-32(40)21-5-10-29(42-2)30(14-21)43-18-31(39)35-16-20-3-7-23(44-28)8-4-20/h3-10,13-15,27-28H,11-12,16-18H2,1-2H3,(H,35,39)(H,37,40)/t27-,28+/m0/s1. The van der Waals surface area contributed by atoms with E-state index in [4.69, 9.17) is 25.8 Å². The molecule has 3 aliphatic heterocycles. The molecule has 0 radical (unpaired) electrons. The summed E-state index contributed by atoms with van der Waals surface area (Å²) in [5.41, 5.74) is 3.10. The number of hydrogen-bond donors (Lipinski definition) is 2. The lowest BCUT2D eigenvalue weighted by molar-refractivity contribution is -0.123. The number of methoxy groups -OCH3 is 1. The first-order valence-corrected chi connectivity index (χ1v) is 14.7. The molecule has 1 fully saturated rings. The molecule has 1 aromatic heterocycles. The van der Waals surface area contributed by atoms with Crippen molar-refractivity contribution in [1.29, 1.82) is 0 Å². The molecule has 4 bridgehead atoms. The fourth-order valence-electron chi connectivity index (χ4n) is 5.51. The maximum atomic E-state index is 14.0. The van der Waals surface area contributed by atoms with Gasteiger partial charge in [-0.25, -0.2) is 0 Å². The van der Waals surface area contributed by atoms with Crippen molar-refractivity contribution in [3.05, 3.63) is 94.1 Å². The van der Waals surface area contributed by atoms with E-state index in [1.165, 1.54) is 13.2 Å². The lowest BCUT2D eigenvalue weighted by Gasteiger charge is -2.39. The van der Waals surface area contributed by atoms with Crippen LogP contribution in [-0.2, 0) is 11.3 Å². The molecule has 1 saturated heterocycles. The van der Waals surface area contributed by atoms with Crippen molar-refractivity contribution in [3.63, 3.8) is 0 Å². The summed E-state index contributed by atoms with van der Waals surface area (Å²) in [4.78, 5) is 46.3. The SMILES string of the molecule is COc1ccc2cc1OCC(=O)NCc1ccc(cc1)O[C@@H]1CCN(C(=O)c3cc(C)nc4ccc(Cl)cc34)C[C@@H]1NC2=O. The predicted octanol–water partition coefficient (Wildman–Crippen LogP) is 4.31. The van der Waals surface area contributed by atoms with Crippen molar-refractivity contribution in [3.8, 4) is 17.2 Å². The predicted molar refractivity (Wildman–Crippen MR) is 164 cm³/mol. The van der Waals surface area contributed by atoms with Gasteiger partial charge in [0.2, 0.25) is 0 Å². The molecule has 0 aliphatic carbocycles. The summed E-state index contributed by atoms with van der Waals surface area (Å²) in [6.45, 7) is 2.55. The van der Waals surface area contributed by atoms with Gasteiger partial charge in [0.25, 0.3) is 17.7 Å². The van der Waals surface area contributed by atoms with Gasteiger partial charge in [0.15, 0.2) is 18.1 Å². The van der Waals surface area contributed by atoms with Crippen LogP contribution in [0.15, 0.2) is 66.7 Å². The van der Waals surface area contributed by atoms with Crippen molar-refractivity contribution in [2.24, 2.45) is 0 Å². The quantitative estimate of drug-likeness (QED) is 0.345. The number of pyridine rings is 1. The molecule has 0 saturated carbocycles. The number of carbonyl (C=O) groups is 3. The molecular weight excluding hydrogens is 584 g/mol. The Labute approximate surface area is 259 Å². The van der Waals surface area contributed by atoms with Gasteiger partial charge >= 0.3 is 0 Å². The number of halogens is 1. The Bertz CT molecular complexity index is 1740. The van der Waals surface area contributed by atoms with Gasteiger partial charge in [-0.2, -0.15) is 0 Å². The van der Waals surface area contributed by atoms with Gasteiger partial charge in [-0.3, -0.25) is 19.4 Å². The number of benzene rings is 3. The van der Waals surface area contributed by atoms with Crippen molar-refractivity contribution in [1.82, 2.24) is 20.5 Å². The first-order chi connectivity index (χ1) is 21.3. The van der Waals surface area contributed by atoms with E-state index in [1.807, 2.05) is 31.2 Å². The van der Waals surface area contributed by atoms with Crippen LogP contribution in [0.5, 0.6) is 17.2 Å². The van der Waals surface area contributed by atoms with E-state index in [0.717, 1.165) is 5.56 Å². The summed E-state index contributed by atoms with van der Waals surface area (Å²) in [5.74, 6) is 0.385. The first-order valence-electron chi connectivity index (χ1n) is 14.3. The van der Waals surface area contributed by atoms with E-state index in [-0.39, 0.29) is 36.6 Å². The van der Waals surface area contributed by atoms with Crippen LogP contribution >= 0.6 is 11.6 Å². The van der Waals surface area contributed by atoms with E-state index < -0.39 is 12.1 Å². The van der Waals surface area contributed by atoms with Crippen LogP contribution in [0, 0.1) is 6.92 Å². The Morgan fingerprint density at radius 2 is 1.89 bits per heavy atom. The van der Waals surface area contributed by atoms with Crippen molar-refractivity contribution < 1.29 is 28.6 Å². The van der Waals surface area contributed by atoms with Crippen LogP contribution in [0.3, 0.4) is 0 Å². The molecule has 2 atom stereocenters. The molecule has 10 nitrogen and oxygen atoms in total. The molecule has 0 spiro atoms. The van der Waals surface area contributed by atoms with Gasteiger partial charge < -0.3 is 29.7 Å². The number of amides is 3. The monoisotopic (exact) mass is 614 g/mol. The smallest absolute Gasteiger partial charge is 0.258 e. The van der Waals surface area contributed by atoms with Crippen LogP contribution in [0.4, 0.5) is 0 Å². The molecule has 7 rings (SSSR count). The molecule has 44 heavy (non-hydrogen) atoms. The summed E-state index contributed by atoms with van der Waals surface area (Å²) in [6, 6.07) is 18.7.